The molecule has 4 heterocycles. The minimum Gasteiger partial charge on any atom is -0.400 e. The van der Waals surface area contributed by atoms with Gasteiger partial charge in [-0.25, -0.2) is 0 Å². The Morgan fingerprint density at radius 1 is 0.727 bits per heavy atom. The van der Waals surface area contributed by atoms with Gasteiger partial charge in [0.1, 0.15) is 0 Å². The van der Waals surface area contributed by atoms with Crippen LogP contribution in [0.5, 0.6) is 0 Å². The molecule has 3 nitrogen and oxygen atoms in total. The van der Waals surface area contributed by atoms with Crippen LogP contribution in [0.15, 0.2) is 0 Å². The van der Waals surface area contributed by atoms with Crippen molar-refractivity contribution < 1.29 is 14.1 Å². The van der Waals surface area contributed by atoms with Gasteiger partial charge in [0.25, 0.3) is 0 Å². The molecule has 2 bridgehead atoms. The van der Waals surface area contributed by atoms with Crippen molar-refractivity contribution in [3.8, 4) is 0 Å². The topological polar surface area (TPSA) is 20.2 Å². The van der Waals surface area contributed by atoms with E-state index in [4.69, 9.17) is 5.11 Å². The van der Waals surface area contributed by atoms with E-state index >= 15 is 0 Å². The van der Waals surface area contributed by atoms with Crippen molar-refractivity contribution in [2.75, 3.05) is 60.0 Å². The van der Waals surface area contributed by atoms with Gasteiger partial charge in [0.15, 0.2) is 0 Å². The molecule has 3 heteroatoms. The van der Waals surface area contributed by atoms with Gasteiger partial charge < -0.3 is 14.1 Å². The van der Waals surface area contributed by atoms with Gasteiger partial charge in [0.2, 0.25) is 0 Å². The molecule has 4 fully saturated rings. The Hall–Kier alpha value is -0.120. The van der Waals surface area contributed by atoms with Crippen molar-refractivity contribution >= 4 is 0 Å². The molecule has 0 aromatic carbocycles. The molecule has 0 unspecified atom stereocenters. The molecule has 4 aliphatic rings. The van der Waals surface area contributed by atoms with Crippen molar-refractivity contribution in [1.29, 1.82) is 0 Å². The number of quaternary nitrogens is 2. The van der Waals surface area contributed by atoms with Crippen LogP contribution in [-0.4, -0.2) is 74.0 Å². The Balaban J connectivity index is 0.000000847. The van der Waals surface area contributed by atoms with Gasteiger partial charge in [0, 0.05) is 7.11 Å². The van der Waals surface area contributed by atoms with Crippen LogP contribution >= 0.6 is 0 Å². The number of hydrogen-bond acceptors (Lipinski definition) is 1. The van der Waals surface area contributed by atoms with Crippen LogP contribution in [0.3, 0.4) is 0 Å². The summed E-state index contributed by atoms with van der Waals surface area (Å²) in [5.74, 6) is 1.11. The SMILES string of the molecule is CO.C[N+]1(CCCCC[N+]23CCC(CC2)CC3)CCCCC1. The summed E-state index contributed by atoms with van der Waals surface area (Å²) in [5.41, 5.74) is 0. The molecule has 0 spiro atoms. The second-order valence-corrected chi connectivity index (χ2v) is 8.38. The predicted molar refractivity (Wildman–Crippen MR) is 93.7 cm³/mol. The smallest absolute Gasteiger partial charge is 0.0789 e. The summed E-state index contributed by atoms with van der Waals surface area (Å²) in [6.45, 7) is 10.4. The number of rotatable bonds is 6. The number of hydrogen-bond donors (Lipinski definition) is 1. The van der Waals surface area contributed by atoms with E-state index in [1.807, 2.05) is 0 Å². The number of unbranched alkanes of at least 4 members (excludes halogenated alkanes) is 2. The lowest BCUT2D eigenvalue weighted by atomic mass is 9.85. The van der Waals surface area contributed by atoms with Gasteiger partial charge in [0.05, 0.1) is 52.9 Å². The molecule has 1 N–H and O–H groups in total. The van der Waals surface area contributed by atoms with E-state index in [2.05, 4.69) is 7.05 Å². The highest BCUT2D eigenvalue weighted by Gasteiger charge is 2.38. The molecule has 0 aliphatic carbocycles. The van der Waals surface area contributed by atoms with Crippen LogP contribution in [0.1, 0.15) is 57.8 Å². The molecular weight excluding hydrogens is 272 g/mol. The quantitative estimate of drug-likeness (QED) is 0.590. The highest BCUT2D eigenvalue weighted by molar-refractivity contribution is 4.71. The minimum atomic E-state index is 1.00. The van der Waals surface area contributed by atoms with Crippen LogP contribution in [0, 0.1) is 5.92 Å². The summed E-state index contributed by atoms with van der Waals surface area (Å²) in [4.78, 5) is 0. The fourth-order valence-electron chi connectivity index (χ4n) is 5.09. The van der Waals surface area contributed by atoms with Crippen molar-refractivity contribution in [2.45, 2.75) is 57.8 Å². The summed E-state index contributed by atoms with van der Waals surface area (Å²) in [6.07, 6.45) is 13.5. The van der Waals surface area contributed by atoms with Crippen LogP contribution in [0.4, 0.5) is 0 Å². The normalized spacial score (nSPS) is 33.1. The second-order valence-electron chi connectivity index (χ2n) is 8.38. The van der Waals surface area contributed by atoms with E-state index < -0.39 is 0 Å². The molecule has 22 heavy (non-hydrogen) atoms. The number of likely N-dealkylation sites (tertiary alicyclic amines) is 1. The van der Waals surface area contributed by atoms with Gasteiger partial charge in [-0.1, -0.05) is 0 Å². The molecular formula is C19H40N2O+2. The van der Waals surface area contributed by atoms with E-state index in [9.17, 15) is 0 Å². The fourth-order valence-corrected chi connectivity index (χ4v) is 5.09. The van der Waals surface area contributed by atoms with Crippen LogP contribution < -0.4 is 0 Å². The Morgan fingerprint density at radius 3 is 1.86 bits per heavy atom. The maximum absolute atomic E-state index is 7.00. The van der Waals surface area contributed by atoms with E-state index in [1.165, 1.54) is 113 Å². The van der Waals surface area contributed by atoms with Crippen molar-refractivity contribution in [2.24, 2.45) is 5.92 Å². The van der Waals surface area contributed by atoms with Crippen LogP contribution in [-0.2, 0) is 0 Å². The van der Waals surface area contributed by atoms with Gasteiger partial charge in [-0.2, -0.15) is 0 Å². The number of aliphatic hydroxyl groups excluding tert-OH is 1. The Morgan fingerprint density at radius 2 is 1.27 bits per heavy atom. The first kappa shape index (κ1) is 18.2. The van der Waals surface area contributed by atoms with Crippen molar-refractivity contribution in [3.63, 3.8) is 0 Å². The predicted octanol–water partition coefficient (Wildman–Crippen LogP) is 3.03. The monoisotopic (exact) mass is 312 g/mol. The van der Waals surface area contributed by atoms with Crippen LogP contribution in [0.25, 0.3) is 0 Å². The molecule has 4 rings (SSSR count). The van der Waals surface area contributed by atoms with Crippen molar-refractivity contribution in [1.82, 2.24) is 0 Å². The van der Waals surface area contributed by atoms with Gasteiger partial charge in [-0.3, -0.25) is 0 Å². The molecule has 0 aromatic rings. The minimum absolute atomic E-state index is 1.00. The van der Waals surface area contributed by atoms with E-state index in [-0.39, 0.29) is 0 Å². The lowest BCUT2D eigenvalue weighted by Gasteiger charge is -2.49. The molecule has 0 amide bonds. The Labute approximate surface area is 138 Å². The second kappa shape index (κ2) is 8.65. The average Bonchev–Trinajstić information content (AvgIpc) is 2.58. The molecule has 4 saturated heterocycles. The highest BCUT2D eigenvalue weighted by atomic mass is 16.2. The summed E-state index contributed by atoms with van der Waals surface area (Å²) >= 11 is 0. The number of piperidine rings is 4. The molecule has 4 aliphatic heterocycles. The third-order valence-corrected chi connectivity index (χ3v) is 6.76. The highest BCUT2D eigenvalue weighted by Crippen LogP contribution is 2.33. The van der Waals surface area contributed by atoms with Gasteiger partial charge in [-0.15, -0.1) is 0 Å². The molecule has 0 aromatic heterocycles. The number of nitrogens with zero attached hydrogens (tertiary/aromatic N) is 2. The zero-order valence-corrected chi connectivity index (χ0v) is 15.2. The largest absolute Gasteiger partial charge is 0.400 e. The molecule has 130 valence electrons. The first-order valence-electron chi connectivity index (χ1n) is 9.83. The first-order valence-corrected chi connectivity index (χ1v) is 9.83. The van der Waals surface area contributed by atoms with Gasteiger partial charge in [-0.05, 0) is 63.7 Å². The Kier molecular flexibility index (Phi) is 7.17. The zero-order chi connectivity index (χ0) is 15.9. The van der Waals surface area contributed by atoms with E-state index in [1.54, 1.807) is 0 Å². The summed E-state index contributed by atoms with van der Waals surface area (Å²) in [6, 6.07) is 0. The standard InChI is InChI=1S/C18H36N2.CH4O/c1-19(11-4-2-5-12-19)13-6-3-7-14-20-15-8-18(9-16-20)10-17-20;1-2/h18H,2-17H2,1H3;2H,1H3/q+2;. The summed E-state index contributed by atoms with van der Waals surface area (Å²) < 4.78 is 2.88. The summed E-state index contributed by atoms with van der Waals surface area (Å²) in [5, 5.41) is 7.00. The lowest BCUT2D eigenvalue weighted by molar-refractivity contribution is -0.943. The molecule has 0 saturated carbocycles. The molecule has 0 atom stereocenters. The zero-order valence-electron chi connectivity index (χ0n) is 15.2. The number of aliphatic hydroxyl groups is 1. The van der Waals surface area contributed by atoms with Crippen molar-refractivity contribution in [3.05, 3.63) is 0 Å². The third-order valence-electron chi connectivity index (χ3n) is 6.76. The third kappa shape index (κ3) is 4.94. The average molecular weight is 313 g/mol. The first-order chi connectivity index (χ1) is 10.7. The van der Waals surface area contributed by atoms with E-state index in [0.29, 0.717) is 0 Å². The van der Waals surface area contributed by atoms with E-state index in [0.717, 1.165) is 13.0 Å². The number of fused-ring (bicyclic) bond motifs is 3. The maximum atomic E-state index is 7.00. The fraction of sp³-hybridized carbons (Fsp3) is 1.00. The Bertz CT molecular complexity index is 291. The van der Waals surface area contributed by atoms with Gasteiger partial charge >= 0.3 is 0 Å². The summed E-state index contributed by atoms with van der Waals surface area (Å²) in [7, 11) is 3.50. The van der Waals surface area contributed by atoms with Crippen LogP contribution in [0.2, 0.25) is 0 Å². The molecule has 0 radical (unpaired) electrons. The maximum Gasteiger partial charge on any atom is 0.0789 e. The lowest BCUT2D eigenvalue weighted by Crippen LogP contribution is -2.58.